The maximum absolute atomic E-state index is 2.41. The lowest BCUT2D eigenvalue weighted by Crippen LogP contribution is -2.33. The van der Waals surface area contributed by atoms with Crippen molar-refractivity contribution in [2.75, 3.05) is 0 Å². The molecule has 1 aliphatic carbocycles. The molecule has 0 nitrogen and oxygen atoms in total. The molecule has 0 aliphatic heterocycles. The predicted octanol–water partition coefficient (Wildman–Crippen LogP) is 4.81. The molecule has 82 valence electrons. The third kappa shape index (κ3) is 2.40. The lowest BCUT2D eigenvalue weighted by atomic mass is 9.63. The Morgan fingerprint density at radius 3 is 2.00 bits per heavy atom. The van der Waals surface area contributed by atoms with Gasteiger partial charge < -0.3 is 0 Å². The molecule has 0 aromatic carbocycles. The van der Waals surface area contributed by atoms with Crippen LogP contribution in [0.15, 0.2) is 12.2 Å². The Labute approximate surface area is 89.8 Å². The average molecular weight is 194 g/mol. The lowest BCUT2D eigenvalue weighted by molar-refractivity contribution is 0.0827. The standard InChI is InChI=1S/C14H26/c1-12(2)14(13(3)4)10-8-6-5-7-9-11-14/h5-6,12-13H,7-11H2,1-4H3/b6-5-. The second kappa shape index (κ2) is 5.00. The van der Waals surface area contributed by atoms with Gasteiger partial charge in [0, 0.05) is 0 Å². The van der Waals surface area contributed by atoms with Crippen LogP contribution in [-0.4, -0.2) is 0 Å². The molecule has 0 heterocycles. The van der Waals surface area contributed by atoms with Crippen molar-refractivity contribution in [3.63, 3.8) is 0 Å². The average Bonchev–Trinajstić information content (AvgIpc) is 2.02. The van der Waals surface area contributed by atoms with E-state index in [0.717, 1.165) is 11.8 Å². The zero-order valence-corrected chi connectivity index (χ0v) is 10.3. The highest BCUT2D eigenvalue weighted by Gasteiger charge is 2.35. The van der Waals surface area contributed by atoms with E-state index in [9.17, 15) is 0 Å². The molecule has 0 aromatic rings. The summed E-state index contributed by atoms with van der Waals surface area (Å²) in [6.07, 6.45) is 11.5. The second-order valence-corrected chi connectivity index (χ2v) is 5.44. The van der Waals surface area contributed by atoms with Gasteiger partial charge in [-0.25, -0.2) is 0 Å². The van der Waals surface area contributed by atoms with Crippen LogP contribution in [-0.2, 0) is 0 Å². The highest BCUT2D eigenvalue weighted by molar-refractivity contribution is 4.93. The van der Waals surface area contributed by atoms with Crippen LogP contribution in [0.25, 0.3) is 0 Å². The Hall–Kier alpha value is -0.260. The van der Waals surface area contributed by atoms with E-state index in [0.29, 0.717) is 5.41 Å². The Balaban J connectivity index is 2.78. The number of hydrogen-bond donors (Lipinski definition) is 0. The highest BCUT2D eigenvalue weighted by atomic mass is 14.4. The maximum atomic E-state index is 2.41. The molecule has 0 fully saturated rings. The van der Waals surface area contributed by atoms with Gasteiger partial charge >= 0.3 is 0 Å². The van der Waals surface area contributed by atoms with Gasteiger partial charge in [0.15, 0.2) is 0 Å². The van der Waals surface area contributed by atoms with Crippen LogP contribution in [0.1, 0.15) is 59.8 Å². The first-order valence-electron chi connectivity index (χ1n) is 6.24. The molecule has 0 aromatic heterocycles. The molecule has 14 heavy (non-hydrogen) atoms. The molecule has 0 unspecified atom stereocenters. The molecule has 1 rings (SSSR count). The fraction of sp³-hybridized carbons (Fsp3) is 0.857. The predicted molar refractivity (Wildman–Crippen MR) is 64.3 cm³/mol. The Kier molecular flexibility index (Phi) is 4.22. The first-order chi connectivity index (χ1) is 6.59. The molecule has 0 bridgehead atoms. The van der Waals surface area contributed by atoms with Crippen LogP contribution in [0.5, 0.6) is 0 Å². The molecule has 0 amide bonds. The quantitative estimate of drug-likeness (QED) is 0.554. The van der Waals surface area contributed by atoms with Crippen LogP contribution >= 0.6 is 0 Å². The second-order valence-electron chi connectivity index (χ2n) is 5.44. The lowest BCUT2D eigenvalue weighted by Gasteiger charge is -2.42. The van der Waals surface area contributed by atoms with Gasteiger partial charge in [-0.2, -0.15) is 0 Å². The van der Waals surface area contributed by atoms with Crippen molar-refractivity contribution in [3.8, 4) is 0 Å². The minimum absolute atomic E-state index is 0.602. The van der Waals surface area contributed by atoms with Gasteiger partial charge in [-0.05, 0) is 49.4 Å². The van der Waals surface area contributed by atoms with Gasteiger partial charge in [0.2, 0.25) is 0 Å². The first-order valence-corrected chi connectivity index (χ1v) is 6.24. The third-order valence-corrected chi connectivity index (χ3v) is 4.26. The SMILES string of the molecule is CC(C)C1(C(C)C)CC/C=C\CCC1. The Bertz CT molecular complexity index is 178. The smallest absolute Gasteiger partial charge is 0.0248 e. The molecule has 0 saturated carbocycles. The van der Waals surface area contributed by atoms with E-state index in [1.807, 2.05) is 0 Å². The van der Waals surface area contributed by atoms with E-state index in [1.165, 1.54) is 32.1 Å². The maximum Gasteiger partial charge on any atom is -0.0248 e. The number of allylic oxidation sites excluding steroid dienone is 2. The van der Waals surface area contributed by atoms with Crippen molar-refractivity contribution in [3.05, 3.63) is 12.2 Å². The van der Waals surface area contributed by atoms with Crippen LogP contribution in [0.4, 0.5) is 0 Å². The molecular weight excluding hydrogens is 168 g/mol. The van der Waals surface area contributed by atoms with Gasteiger partial charge in [0.1, 0.15) is 0 Å². The number of hydrogen-bond acceptors (Lipinski definition) is 0. The summed E-state index contributed by atoms with van der Waals surface area (Å²) in [6.45, 7) is 9.63. The van der Waals surface area contributed by atoms with Crippen LogP contribution in [0.3, 0.4) is 0 Å². The van der Waals surface area contributed by atoms with Gasteiger partial charge in [-0.1, -0.05) is 39.8 Å². The van der Waals surface area contributed by atoms with Crippen molar-refractivity contribution in [2.24, 2.45) is 17.3 Å². The van der Waals surface area contributed by atoms with E-state index in [4.69, 9.17) is 0 Å². The van der Waals surface area contributed by atoms with E-state index in [2.05, 4.69) is 39.8 Å². The van der Waals surface area contributed by atoms with E-state index < -0.39 is 0 Å². The Morgan fingerprint density at radius 2 is 1.43 bits per heavy atom. The Morgan fingerprint density at radius 1 is 0.857 bits per heavy atom. The minimum Gasteiger partial charge on any atom is -0.0885 e. The van der Waals surface area contributed by atoms with Crippen LogP contribution in [0.2, 0.25) is 0 Å². The molecular formula is C14H26. The topological polar surface area (TPSA) is 0 Å². The summed E-state index contributed by atoms with van der Waals surface area (Å²) in [6, 6.07) is 0. The molecule has 0 saturated heterocycles. The fourth-order valence-electron chi connectivity index (χ4n) is 3.08. The molecule has 0 atom stereocenters. The van der Waals surface area contributed by atoms with Crippen LogP contribution < -0.4 is 0 Å². The summed E-state index contributed by atoms with van der Waals surface area (Å²) in [5.41, 5.74) is 0.602. The zero-order chi connectivity index (χ0) is 10.6. The van der Waals surface area contributed by atoms with Gasteiger partial charge in [0.05, 0.1) is 0 Å². The third-order valence-electron chi connectivity index (χ3n) is 4.26. The molecule has 0 radical (unpaired) electrons. The van der Waals surface area contributed by atoms with E-state index in [-0.39, 0.29) is 0 Å². The summed E-state index contributed by atoms with van der Waals surface area (Å²) >= 11 is 0. The fourth-order valence-corrected chi connectivity index (χ4v) is 3.08. The van der Waals surface area contributed by atoms with Crippen molar-refractivity contribution in [1.29, 1.82) is 0 Å². The molecule has 0 N–H and O–H groups in total. The summed E-state index contributed by atoms with van der Waals surface area (Å²) < 4.78 is 0. The highest BCUT2D eigenvalue weighted by Crippen LogP contribution is 2.45. The number of rotatable bonds is 2. The van der Waals surface area contributed by atoms with E-state index >= 15 is 0 Å². The van der Waals surface area contributed by atoms with Crippen molar-refractivity contribution < 1.29 is 0 Å². The van der Waals surface area contributed by atoms with Crippen molar-refractivity contribution >= 4 is 0 Å². The van der Waals surface area contributed by atoms with Crippen molar-refractivity contribution in [2.45, 2.75) is 59.8 Å². The monoisotopic (exact) mass is 194 g/mol. The molecule has 1 aliphatic rings. The van der Waals surface area contributed by atoms with Gasteiger partial charge in [-0.3, -0.25) is 0 Å². The van der Waals surface area contributed by atoms with E-state index in [1.54, 1.807) is 0 Å². The summed E-state index contributed by atoms with van der Waals surface area (Å²) in [7, 11) is 0. The molecule has 0 heteroatoms. The first kappa shape index (κ1) is 11.8. The minimum atomic E-state index is 0.602. The van der Waals surface area contributed by atoms with Gasteiger partial charge in [-0.15, -0.1) is 0 Å². The summed E-state index contributed by atoms with van der Waals surface area (Å²) in [4.78, 5) is 0. The normalized spacial score (nSPS) is 24.7. The summed E-state index contributed by atoms with van der Waals surface area (Å²) in [5, 5.41) is 0. The van der Waals surface area contributed by atoms with Crippen molar-refractivity contribution in [1.82, 2.24) is 0 Å². The van der Waals surface area contributed by atoms with Gasteiger partial charge in [0.25, 0.3) is 0 Å². The largest absolute Gasteiger partial charge is 0.0885 e. The zero-order valence-electron chi connectivity index (χ0n) is 10.3. The van der Waals surface area contributed by atoms with Crippen LogP contribution in [0, 0.1) is 17.3 Å². The summed E-state index contributed by atoms with van der Waals surface area (Å²) in [5.74, 6) is 1.66. The molecule has 0 spiro atoms.